The van der Waals surface area contributed by atoms with E-state index in [1.807, 2.05) is 28.0 Å². The van der Waals surface area contributed by atoms with Gasteiger partial charge >= 0.3 is 0 Å². The predicted octanol–water partition coefficient (Wildman–Crippen LogP) is 3.94. The van der Waals surface area contributed by atoms with Crippen molar-refractivity contribution in [2.45, 2.75) is 31.7 Å². The summed E-state index contributed by atoms with van der Waals surface area (Å²) in [5.41, 5.74) is 1.51. The summed E-state index contributed by atoms with van der Waals surface area (Å²) in [5, 5.41) is 0. The fraction of sp³-hybridized carbons (Fsp3) is 0.481. The molecule has 2 aromatic carbocycles. The second kappa shape index (κ2) is 10.9. The molecule has 1 unspecified atom stereocenters. The Labute approximate surface area is 206 Å². The lowest BCUT2D eigenvalue weighted by molar-refractivity contribution is -0.137. The van der Waals surface area contributed by atoms with Crippen LogP contribution < -0.4 is 18.9 Å². The van der Waals surface area contributed by atoms with Gasteiger partial charge in [-0.25, -0.2) is 0 Å². The summed E-state index contributed by atoms with van der Waals surface area (Å²) >= 11 is 0. The monoisotopic (exact) mass is 482 g/mol. The predicted molar refractivity (Wildman–Crippen MR) is 131 cm³/mol. The van der Waals surface area contributed by atoms with Gasteiger partial charge in [0.05, 0.1) is 34.5 Å². The van der Waals surface area contributed by atoms with E-state index in [-0.39, 0.29) is 23.8 Å². The van der Waals surface area contributed by atoms with E-state index in [9.17, 15) is 9.59 Å². The summed E-state index contributed by atoms with van der Waals surface area (Å²) in [6.45, 7) is 1.80. The van der Waals surface area contributed by atoms with Gasteiger partial charge < -0.3 is 28.7 Å². The van der Waals surface area contributed by atoms with Crippen molar-refractivity contribution in [1.82, 2.24) is 9.80 Å². The summed E-state index contributed by atoms with van der Waals surface area (Å²) in [5.74, 6) is 2.65. The van der Waals surface area contributed by atoms with Crippen molar-refractivity contribution >= 4 is 11.8 Å². The van der Waals surface area contributed by atoms with E-state index in [1.165, 1.54) is 0 Å². The summed E-state index contributed by atoms with van der Waals surface area (Å²) in [7, 11) is 6.41. The Kier molecular flexibility index (Phi) is 7.68. The lowest BCUT2D eigenvalue weighted by Crippen LogP contribution is -2.44. The van der Waals surface area contributed by atoms with Crippen LogP contribution in [0.2, 0.25) is 0 Å². The molecule has 0 spiro atoms. The largest absolute Gasteiger partial charge is 0.497 e. The normalized spacial score (nSPS) is 18.3. The van der Waals surface area contributed by atoms with E-state index >= 15 is 0 Å². The van der Waals surface area contributed by atoms with Gasteiger partial charge in [-0.1, -0.05) is 0 Å². The van der Waals surface area contributed by atoms with E-state index in [0.29, 0.717) is 43.0 Å². The quantitative estimate of drug-likeness (QED) is 0.595. The number of amides is 2. The van der Waals surface area contributed by atoms with Crippen LogP contribution in [0.15, 0.2) is 36.4 Å². The fourth-order valence-corrected chi connectivity index (χ4v) is 5.13. The number of rotatable bonds is 7. The number of ether oxygens (including phenoxy) is 4. The van der Waals surface area contributed by atoms with Crippen LogP contribution in [0.25, 0.3) is 0 Å². The molecular weight excluding hydrogens is 448 g/mol. The average Bonchev–Trinajstić information content (AvgIpc) is 3.41. The highest BCUT2D eigenvalue weighted by Gasteiger charge is 2.37. The van der Waals surface area contributed by atoms with Crippen molar-refractivity contribution in [2.75, 3.05) is 48.1 Å². The minimum atomic E-state index is -0.101. The second-order valence-electron chi connectivity index (χ2n) is 8.97. The zero-order chi connectivity index (χ0) is 24.9. The van der Waals surface area contributed by atoms with Crippen molar-refractivity contribution in [1.29, 1.82) is 0 Å². The number of methoxy groups -OCH3 is 4. The molecule has 0 aliphatic carbocycles. The first-order valence-electron chi connectivity index (χ1n) is 12.0. The highest BCUT2D eigenvalue weighted by Crippen LogP contribution is 2.40. The minimum Gasteiger partial charge on any atom is -0.497 e. The van der Waals surface area contributed by atoms with E-state index in [0.717, 1.165) is 36.4 Å². The van der Waals surface area contributed by atoms with Crippen molar-refractivity contribution in [2.24, 2.45) is 5.92 Å². The van der Waals surface area contributed by atoms with Gasteiger partial charge in [0, 0.05) is 42.7 Å². The Balaban J connectivity index is 1.43. The van der Waals surface area contributed by atoms with Gasteiger partial charge in [-0.05, 0) is 56.0 Å². The number of nitrogens with zero attached hydrogens (tertiary/aromatic N) is 2. The molecule has 188 valence electrons. The van der Waals surface area contributed by atoms with Crippen LogP contribution in [0.4, 0.5) is 0 Å². The van der Waals surface area contributed by atoms with E-state index in [2.05, 4.69) is 0 Å². The summed E-state index contributed by atoms with van der Waals surface area (Å²) in [6.07, 6.45) is 3.13. The standard InChI is InChI=1S/C27H34N2O6/c1-32-20-7-8-25(35-4)23(17-20)24-6-5-11-29(24)27(31)18-9-12-28(13-10-18)26(30)19-14-21(33-2)16-22(15-19)34-3/h7-8,14-18,24H,5-6,9-13H2,1-4H3. The number of benzene rings is 2. The highest BCUT2D eigenvalue weighted by atomic mass is 16.5. The highest BCUT2D eigenvalue weighted by molar-refractivity contribution is 5.95. The molecule has 2 heterocycles. The van der Waals surface area contributed by atoms with Gasteiger partial charge in [0.1, 0.15) is 23.0 Å². The number of carbonyl (C=O) groups is 2. The number of carbonyl (C=O) groups excluding carboxylic acids is 2. The minimum absolute atomic E-state index is 0.0311. The third kappa shape index (κ3) is 5.16. The van der Waals surface area contributed by atoms with Gasteiger partial charge in [0.2, 0.25) is 5.91 Å². The molecule has 8 heteroatoms. The van der Waals surface area contributed by atoms with Gasteiger partial charge in [-0.15, -0.1) is 0 Å². The Bertz CT molecular complexity index is 1040. The van der Waals surface area contributed by atoms with Crippen molar-refractivity contribution in [3.63, 3.8) is 0 Å². The molecule has 35 heavy (non-hydrogen) atoms. The molecule has 2 aliphatic rings. The summed E-state index contributed by atoms with van der Waals surface area (Å²) in [6, 6.07) is 10.9. The molecule has 0 saturated carbocycles. The maximum atomic E-state index is 13.6. The third-order valence-electron chi connectivity index (χ3n) is 7.06. The molecule has 0 bridgehead atoms. The summed E-state index contributed by atoms with van der Waals surface area (Å²) < 4.78 is 21.6. The molecule has 2 aromatic rings. The maximum Gasteiger partial charge on any atom is 0.254 e. The van der Waals surface area contributed by atoms with Gasteiger partial charge in [0.15, 0.2) is 0 Å². The molecule has 2 amide bonds. The number of hydrogen-bond donors (Lipinski definition) is 0. The fourth-order valence-electron chi connectivity index (χ4n) is 5.13. The topological polar surface area (TPSA) is 77.5 Å². The van der Waals surface area contributed by atoms with Crippen LogP contribution >= 0.6 is 0 Å². The van der Waals surface area contributed by atoms with Crippen molar-refractivity contribution < 1.29 is 28.5 Å². The Morgan fingerprint density at radius 3 is 2.03 bits per heavy atom. The first-order valence-corrected chi connectivity index (χ1v) is 12.0. The number of likely N-dealkylation sites (tertiary alicyclic amines) is 2. The van der Waals surface area contributed by atoms with E-state index in [4.69, 9.17) is 18.9 Å². The van der Waals surface area contributed by atoms with Crippen LogP contribution in [0, 0.1) is 5.92 Å². The molecule has 1 atom stereocenters. The van der Waals surface area contributed by atoms with Gasteiger partial charge in [-0.3, -0.25) is 9.59 Å². The van der Waals surface area contributed by atoms with Crippen LogP contribution in [0.5, 0.6) is 23.0 Å². The van der Waals surface area contributed by atoms with Crippen LogP contribution in [-0.4, -0.2) is 69.7 Å². The lowest BCUT2D eigenvalue weighted by Gasteiger charge is -2.35. The average molecular weight is 483 g/mol. The lowest BCUT2D eigenvalue weighted by atomic mass is 9.93. The Morgan fingerprint density at radius 1 is 0.771 bits per heavy atom. The van der Waals surface area contributed by atoms with E-state index < -0.39 is 0 Å². The molecule has 0 N–H and O–H groups in total. The van der Waals surface area contributed by atoms with Gasteiger partial charge in [-0.2, -0.15) is 0 Å². The van der Waals surface area contributed by atoms with Crippen LogP contribution in [0.1, 0.15) is 47.6 Å². The van der Waals surface area contributed by atoms with Crippen molar-refractivity contribution in [3.05, 3.63) is 47.5 Å². The van der Waals surface area contributed by atoms with Crippen LogP contribution in [0.3, 0.4) is 0 Å². The first kappa shape index (κ1) is 24.7. The Hall–Kier alpha value is -3.42. The van der Waals surface area contributed by atoms with Crippen LogP contribution in [-0.2, 0) is 4.79 Å². The number of hydrogen-bond acceptors (Lipinski definition) is 6. The third-order valence-corrected chi connectivity index (χ3v) is 7.06. The molecule has 8 nitrogen and oxygen atoms in total. The van der Waals surface area contributed by atoms with E-state index in [1.54, 1.807) is 46.6 Å². The zero-order valence-electron chi connectivity index (χ0n) is 20.9. The molecule has 4 rings (SSSR count). The smallest absolute Gasteiger partial charge is 0.254 e. The zero-order valence-corrected chi connectivity index (χ0v) is 20.9. The summed E-state index contributed by atoms with van der Waals surface area (Å²) in [4.78, 5) is 30.5. The molecule has 2 aliphatic heterocycles. The molecule has 0 radical (unpaired) electrons. The first-order chi connectivity index (χ1) is 17.0. The molecule has 0 aromatic heterocycles. The number of piperidine rings is 1. The molecule has 2 fully saturated rings. The second-order valence-corrected chi connectivity index (χ2v) is 8.97. The van der Waals surface area contributed by atoms with Crippen molar-refractivity contribution in [3.8, 4) is 23.0 Å². The molecular formula is C27H34N2O6. The maximum absolute atomic E-state index is 13.6. The molecule has 2 saturated heterocycles. The van der Waals surface area contributed by atoms with Gasteiger partial charge in [0.25, 0.3) is 5.91 Å². The SMILES string of the molecule is COc1cc(OC)cc(C(=O)N2CCC(C(=O)N3CCCC3c3cc(OC)ccc3OC)CC2)c1. The Morgan fingerprint density at radius 2 is 1.43 bits per heavy atom.